The minimum Gasteiger partial charge on any atom is -0.345 e. The maximum atomic E-state index is 14.3. The summed E-state index contributed by atoms with van der Waals surface area (Å²) < 4.78 is 29.6. The molecule has 0 aromatic carbocycles. The van der Waals surface area contributed by atoms with Crippen LogP contribution in [0.3, 0.4) is 0 Å². The number of anilines is 1. The number of aromatic amines is 1. The Morgan fingerprint density at radius 3 is 2.72 bits per heavy atom. The van der Waals surface area contributed by atoms with Crippen LogP contribution in [-0.4, -0.2) is 50.3 Å². The van der Waals surface area contributed by atoms with Gasteiger partial charge in [0.05, 0.1) is 24.0 Å². The topological polar surface area (TPSA) is 113 Å². The average Bonchev–Trinajstić information content (AvgIpc) is 3.23. The van der Waals surface area contributed by atoms with Gasteiger partial charge in [0.1, 0.15) is 22.8 Å². The molecule has 0 radical (unpaired) electrons. The van der Waals surface area contributed by atoms with Gasteiger partial charge < -0.3 is 19.8 Å². The predicted octanol–water partition coefficient (Wildman–Crippen LogP) is 3.40. The molecule has 192 valence electrons. The van der Waals surface area contributed by atoms with Crippen molar-refractivity contribution in [1.82, 2.24) is 24.4 Å². The zero-order chi connectivity index (χ0) is 26.4. The van der Waals surface area contributed by atoms with Crippen molar-refractivity contribution in [1.29, 1.82) is 0 Å². The summed E-state index contributed by atoms with van der Waals surface area (Å²) in [6.45, 7) is 3.87. The lowest BCUT2D eigenvalue weighted by atomic mass is 10.1. The summed E-state index contributed by atoms with van der Waals surface area (Å²) in [6.07, 6.45) is 6.85. The van der Waals surface area contributed by atoms with Crippen molar-refractivity contribution < 1.29 is 18.4 Å². The van der Waals surface area contributed by atoms with E-state index in [-0.39, 0.29) is 41.8 Å². The second-order valence-electron chi connectivity index (χ2n) is 9.14. The predicted molar refractivity (Wildman–Crippen MR) is 132 cm³/mol. The molecule has 0 aliphatic rings. The summed E-state index contributed by atoms with van der Waals surface area (Å²) in [5.41, 5.74) is 0.374. The number of aromatic nitrogens is 4. The van der Waals surface area contributed by atoms with Crippen molar-refractivity contribution in [2.45, 2.75) is 46.1 Å². The van der Waals surface area contributed by atoms with Gasteiger partial charge in [0.15, 0.2) is 5.82 Å². The number of imidazole rings is 1. The lowest BCUT2D eigenvalue weighted by molar-refractivity contribution is -0.123. The highest BCUT2D eigenvalue weighted by atomic mass is 19.1. The van der Waals surface area contributed by atoms with Gasteiger partial charge >= 0.3 is 0 Å². The number of nitrogens with one attached hydrogen (secondary N) is 2. The molecule has 0 unspecified atom stereocenters. The van der Waals surface area contributed by atoms with Crippen LogP contribution < -0.4 is 10.9 Å². The molecule has 2 N–H and O–H groups in total. The van der Waals surface area contributed by atoms with E-state index in [9.17, 15) is 23.2 Å². The zero-order valence-corrected chi connectivity index (χ0v) is 20.8. The third-order valence-electron chi connectivity index (χ3n) is 5.33. The summed E-state index contributed by atoms with van der Waals surface area (Å²) in [5.74, 6) is -1.39. The van der Waals surface area contributed by atoms with Gasteiger partial charge in [-0.25, -0.2) is 13.8 Å². The maximum Gasteiger partial charge on any atom is 0.274 e. The van der Waals surface area contributed by atoms with Crippen LogP contribution in [0.1, 0.15) is 44.6 Å². The fourth-order valence-corrected chi connectivity index (χ4v) is 3.57. The van der Waals surface area contributed by atoms with Crippen molar-refractivity contribution in [3.8, 4) is 0 Å². The van der Waals surface area contributed by atoms with E-state index in [1.165, 1.54) is 11.0 Å². The molecule has 9 nitrogen and oxygen atoms in total. The molecule has 0 saturated heterocycles. The van der Waals surface area contributed by atoms with E-state index in [0.29, 0.717) is 30.5 Å². The van der Waals surface area contributed by atoms with Crippen molar-refractivity contribution >= 4 is 28.5 Å². The number of likely N-dealkylation sites (N-methyl/N-ethyl adjacent to an activating group) is 1. The van der Waals surface area contributed by atoms with Gasteiger partial charge in [-0.1, -0.05) is 19.9 Å². The fraction of sp³-hybridized carbons (Fsp3) is 0.400. The third kappa shape index (κ3) is 6.83. The third-order valence-corrected chi connectivity index (χ3v) is 5.33. The molecule has 3 rings (SSSR count). The van der Waals surface area contributed by atoms with Gasteiger partial charge in [-0.15, -0.1) is 0 Å². The molecule has 0 spiro atoms. The van der Waals surface area contributed by atoms with Gasteiger partial charge in [-0.05, 0) is 31.3 Å². The largest absolute Gasteiger partial charge is 0.345 e. The van der Waals surface area contributed by atoms with Gasteiger partial charge in [0.2, 0.25) is 11.8 Å². The quantitative estimate of drug-likeness (QED) is 0.327. The highest BCUT2D eigenvalue weighted by Crippen LogP contribution is 2.20. The molecule has 0 fully saturated rings. The van der Waals surface area contributed by atoms with E-state index in [2.05, 4.69) is 20.3 Å². The molecule has 11 heteroatoms. The van der Waals surface area contributed by atoms with E-state index >= 15 is 0 Å². The molecular weight excluding hydrogens is 470 g/mol. The Morgan fingerprint density at radius 1 is 1.28 bits per heavy atom. The second kappa shape index (κ2) is 11.7. The number of H-pyrrole nitrogens is 1. The molecule has 3 heterocycles. The van der Waals surface area contributed by atoms with Crippen LogP contribution >= 0.6 is 0 Å². The SMILES string of the molecule is CC(C)Cc1ncc(F)c2nc(Cn3cc(F)cc(NC(=O)CCC/C=C/C(=O)N(C)C)c3=O)[nH]c12. The molecular formula is C25H30F2N6O3. The highest BCUT2D eigenvalue weighted by molar-refractivity contribution is 5.90. The first-order valence-corrected chi connectivity index (χ1v) is 11.6. The van der Waals surface area contributed by atoms with Gasteiger partial charge in [0.25, 0.3) is 5.56 Å². The number of carbonyl (C=O) groups is 2. The van der Waals surface area contributed by atoms with E-state index < -0.39 is 23.1 Å². The second-order valence-corrected chi connectivity index (χ2v) is 9.14. The molecule has 0 bridgehead atoms. The Balaban J connectivity index is 1.72. The molecule has 3 aromatic rings. The number of hydrogen-bond acceptors (Lipinski definition) is 5. The fourth-order valence-electron chi connectivity index (χ4n) is 3.57. The molecule has 0 aliphatic carbocycles. The minimum atomic E-state index is -0.723. The van der Waals surface area contributed by atoms with Gasteiger partial charge in [-0.3, -0.25) is 19.4 Å². The van der Waals surface area contributed by atoms with Crippen LogP contribution in [0.2, 0.25) is 0 Å². The van der Waals surface area contributed by atoms with E-state index in [1.807, 2.05) is 13.8 Å². The first-order chi connectivity index (χ1) is 17.0. The summed E-state index contributed by atoms with van der Waals surface area (Å²) in [5, 5.41) is 2.45. The Kier molecular flexibility index (Phi) is 8.68. The molecule has 36 heavy (non-hydrogen) atoms. The lowest BCUT2D eigenvalue weighted by Crippen LogP contribution is -2.26. The van der Waals surface area contributed by atoms with Crippen LogP contribution in [0.4, 0.5) is 14.5 Å². The first-order valence-electron chi connectivity index (χ1n) is 11.6. The van der Waals surface area contributed by atoms with Crippen molar-refractivity contribution in [2.24, 2.45) is 5.92 Å². The van der Waals surface area contributed by atoms with Crippen molar-refractivity contribution in [3.05, 3.63) is 64.1 Å². The molecule has 0 saturated carbocycles. The number of allylic oxidation sites excluding steroid dienone is 1. The summed E-state index contributed by atoms with van der Waals surface area (Å²) in [6, 6.07) is 0.954. The Hall–Kier alpha value is -3.89. The van der Waals surface area contributed by atoms with Gasteiger partial charge in [-0.2, -0.15) is 0 Å². The number of amides is 2. The number of hydrogen-bond donors (Lipinski definition) is 2. The summed E-state index contributed by atoms with van der Waals surface area (Å²) in [7, 11) is 3.28. The maximum absolute atomic E-state index is 14.3. The summed E-state index contributed by atoms with van der Waals surface area (Å²) >= 11 is 0. The van der Waals surface area contributed by atoms with Crippen LogP contribution in [0, 0.1) is 17.6 Å². The van der Waals surface area contributed by atoms with E-state index in [4.69, 9.17) is 0 Å². The molecule has 0 atom stereocenters. The monoisotopic (exact) mass is 500 g/mol. The van der Waals surface area contributed by atoms with Crippen molar-refractivity contribution in [3.63, 3.8) is 0 Å². The smallest absolute Gasteiger partial charge is 0.274 e. The normalized spacial score (nSPS) is 11.5. The lowest BCUT2D eigenvalue weighted by Gasteiger charge is -2.09. The Bertz CT molecular complexity index is 1340. The minimum absolute atomic E-state index is 0.0882. The number of fused-ring (bicyclic) bond motifs is 1. The standard InChI is InChI=1S/C25H30F2N6O3/c1-15(2)10-18-24-23(17(27)12-28-18)30-20(31-24)14-33-13-16(26)11-19(25(33)36)29-21(34)8-6-5-7-9-22(35)32(3)4/h7,9,11-13,15H,5-6,8,10,14H2,1-4H3,(H,29,34)(H,30,31)/b9-7+. The van der Waals surface area contributed by atoms with Crippen LogP contribution in [0.15, 0.2) is 35.4 Å². The molecule has 0 aliphatic heterocycles. The number of halogens is 2. The number of carbonyl (C=O) groups excluding carboxylic acids is 2. The van der Waals surface area contributed by atoms with E-state index in [0.717, 1.165) is 23.0 Å². The number of nitrogens with zero attached hydrogens (tertiary/aromatic N) is 4. The zero-order valence-electron chi connectivity index (χ0n) is 20.8. The highest BCUT2D eigenvalue weighted by Gasteiger charge is 2.16. The van der Waals surface area contributed by atoms with Crippen LogP contribution in [-0.2, 0) is 22.6 Å². The van der Waals surface area contributed by atoms with Gasteiger partial charge in [0, 0.05) is 32.8 Å². The average molecular weight is 501 g/mol. The van der Waals surface area contributed by atoms with Crippen LogP contribution in [0.25, 0.3) is 11.0 Å². The van der Waals surface area contributed by atoms with E-state index in [1.54, 1.807) is 20.2 Å². The number of rotatable bonds is 10. The van der Waals surface area contributed by atoms with Crippen molar-refractivity contribution in [2.75, 3.05) is 19.4 Å². The number of pyridine rings is 2. The Labute approximate surface area is 207 Å². The Morgan fingerprint density at radius 2 is 2.03 bits per heavy atom. The van der Waals surface area contributed by atoms with Crippen LogP contribution in [0.5, 0.6) is 0 Å². The number of unbranched alkanes of at least 4 members (excludes halogenated alkanes) is 1. The summed E-state index contributed by atoms with van der Waals surface area (Å²) in [4.78, 5) is 49.5. The first kappa shape index (κ1) is 26.7. The molecule has 3 aromatic heterocycles. The molecule has 2 amide bonds.